The van der Waals surface area contributed by atoms with Crippen LogP contribution in [0.4, 0.5) is 17.5 Å². The Balaban J connectivity index is 1.62. The predicted molar refractivity (Wildman–Crippen MR) is 101 cm³/mol. The van der Waals surface area contributed by atoms with Crippen LogP contribution in [-0.4, -0.2) is 77.3 Å². The highest BCUT2D eigenvalue weighted by Crippen LogP contribution is 2.58. The molecule has 0 saturated carbocycles. The van der Waals surface area contributed by atoms with Crippen molar-refractivity contribution >= 4 is 44.8 Å². The quantitative estimate of drug-likeness (QED) is 0.197. The van der Waals surface area contributed by atoms with Gasteiger partial charge in [0.1, 0.15) is 18.4 Å². The topological polar surface area (TPSA) is 199 Å². The molecule has 16 heteroatoms. The highest BCUT2D eigenvalue weighted by Gasteiger charge is 2.60. The minimum absolute atomic E-state index is 0.0744. The fraction of sp³-hybridized carbons (Fsp3) is 0.571. The minimum Gasteiger partial charge on any atom is -0.481 e. The lowest BCUT2D eigenvalue weighted by atomic mass is 10.1. The molecule has 0 aromatic carbocycles. The normalized spacial score (nSPS) is 32.2. The number of ether oxygens (including phenoxy) is 2. The van der Waals surface area contributed by atoms with Crippen LogP contribution in [0.5, 0.6) is 0 Å². The molecule has 2 fully saturated rings. The summed E-state index contributed by atoms with van der Waals surface area (Å²) in [6.45, 7) is -0.0464. The maximum Gasteiger partial charge on any atom is 0.488 e. The lowest BCUT2D eigenvalue weighted by Crippen LogP contribution is -2.48. The average Bonchev–Trinajstić information content (AvgIpc) is 3.21. The zero-order valence-corrected chi connectivity index (χ0v) is 16.3. The number of hydrogen-bond donors (Lipinski definition) is 5. The van der Waals surface area contributed by atoms with Crippen LogP contribution in [0.1, 0.15) is 12.8 Å². The molecule has 5 atom stereocenters. The van der Waals surface area contributed by atoms with Gasteiger partial charge < -0.3 is 30.5 Å². The number of anilines is 3. The second-order valence-electron chi connectivity index (χ2n) is 6.80. The van der Waals surface area contributed by atoms with Gasteiger partial charge in [0.25, 0.3) is 5.56 Å². The summed E-state index contributed by atoms with van der Waals surface area (Å²) in [5.74, 6) is -1.92. The van der Waals surface area contributed by atoms with E-state index in [1.54, 1.807) is 0 Å². The van der Waals surface area contributed by atoms with Gasteiger partial charge in [-0.2, -0.15) is 14.0 Å². The van der Waals surface area contributed by atoms with Crippen molar-refractivity contribution in [1.29, 1.82) is 0 Å². The van der Waals surface area contributed by atoms with Gasteiger partial charge in [0, 0.05) is 0 Å². The van der Waals surface area contributed by atoms with Crippen molar-refractivity contribution < 1.29 is 38.1 Å². The van der Waals surface area contributed by atoms with Crippen LogP contribution < -0.4 is 21.5 Å². The van der Waals surface area contributed by atoms with E-state index in [1.807, 2.05) is 0 Å². The molecule has 0 bridgehead atoms. The summed E-state index contributed by atoms with van der Waals surface area (Å²) in [5.41, 5.74) is 5.29. The molecule has 3 unspecified atom stereocenters. The van der Waals surface area contributed by atoms with Crippen LogP contribution in [0.2, 0.25) is 0 Å². The fourth-order valence-corrected chi connectivity index (χ4v) is 4.47. The zero-order valence-electron chi connectivity index (χ0n) is 15.4. The number of H-pyrrole nitrogens is 1. The molecule has 3 aliphatic heterocycles. The highest BCUT2D eigenvalue weighted by atomic mass is 31.2. The second kappa shape index (κ2) is 7.67. The molecular formula is C14H18BN5O9P+. The molecule has 4 heterocycles. The van der Waals surface area contributed by atoms with Gasteiger partial charge >= 0.3 is 27.3 Å². The number of nitrogens with one attached hydrogen (secondary N) is 2. The number of nitrogens with zero attached hydrogens (tertiary/aromatic N) is 2. The molecule has 0 aliphatic carbocycles. The van der Waals surface area contributed by atoms with E-state index >= 15 is 0 Å². The molecule has 30 heavy (non-hydrogen) atoms. The fourth-order valence-electron chi connectivity index (χ4n) is 3.45. The van der Waals surface area contributed by atoms with Crippen molar-refractivity contribution in [2.75, 3.05) is 29.2 Å². The summed E-state index contributed by atoms with van der Waals surface area (Å²) < 4.78 is 21.9. The van der Waals surface area contributed by atoms with Gasteiger partial charge in [0.05, 0.1) is 19.5 Å². The first-order valence-electron chi connectivity index (χ1n) is 8.85. The van der Waals surface area contributed by atoms with Gasteiger partial charge in [-0.15, -0.1) is 0 Å². The average molecular weight is 442 g/mol. The van der Waals surface area contributed by atoms with Crippen LogP contribution in [0.15, 0.2) is 4.79 Å². The minimum atomic E-state index is -3.65. The summed E-state index contributed by atoms with van der Waals surface area (Å²) in [6, 6.07) is 0. The van der Waals surface area contributed by atoms with Gasteiger partial charge in [-0.3, -0.25) is 19.4 Å². The third-order valence-corrected chi connectivity index (χ3v) is 5.78. The maximum absolute atomic E-state index is 12.2. The van der Waals surface area contributed by atoms with Crippen LogP contribution in [0.25, 0.3) is 0 Å². The molecule has 14 nitrogen and oxygen atoms in total. The molecule has 4 rings (SSSR count). The van der Waals surface area contributed by atoms with E-state index in [9.17, 15) is 19.3 Å². The largest absolute Gasteiger partial charge is 0.488 e. The van der Waals surface area contributed by atoms with E-state index in [4.69, 9.17) is 36.9 Å². The zero-order chi connectivity index (χ0) is 21.6. The molecule has 2 radical (unpaired) electrons. The first-order chi connectivity index (χ1) is 14.1. The van der Waals surface area contributed by atoms with Gasteiger partial charge in [-0.1, -0.05) is 0 Å². The monoisotopic (exact) mass is 442 g/mol. The Morgan fingerprint density at radius 1 is 1.43 bits per heavy atom. The number of nitrogen functional groups attached to an aromatic ring is 1. The number of aromatic amines is 1. The van der Waals surface area contributed by atoms with Gasteiger partial charge in [0.15, 0.2) is 24.3 Å². The maximum atomic E-state index is 12.2. The summed E-state index contributed by atoms with van der Waals surface area (Å²) in [7, 11) is 1.94. The molecule has 1 aromatic rings. The van der Waals surface area contributed by atoms with Crippen LogP contribution in [-0.2, 0) is 28.1 Å². The Morgan fingerprint density at radius 2 is 2.20 bits per heavy atom. The van der Waals surface area contributed by atoms with Crippen molar-refractivity contribution in [3.05, 3.63) is 10.4 Å². The van der Waals surface area contributed by atoms with Gasteiger partial charge in [0.2, 0.25) is 5.95 Å². The Bertz CT molecular complexity index is 930. The number of aliphatic carboxylic acids is 1. The van der Waals surface area contributed by atoms with E-state index in [2.05, 4.69) is 15.3 Å². The van der Waals surface area contributed by atoms with Crippen molar-refractivity contribution in [2.45, 2.75) is 37.4 Å². The summed E-state index contributed by atoms with van der Waals surface area (Å²) >= 11 is 0. The highest BCUT2D eigenvalue weighted by molar-refractivity contribution is 7.85. The molecule has 2 saturated heterocycles. The lowest BCUT2D eigenvalue weighted by molar-refractivity contribution is -0.157. The summed E-state index contributed by atoms with van der Waals surface area (Å²) in [6.07, 6.45) is -4.66. The van der Waals surface area contributed by atoms with E-state index in [0.29, 0.717) is 0 Å². The van der Waals surface area contributed by atoms with Gasteiger partial charge in [-0.25, -0.2) is 4.89 Å². The first-order valence-corrected chi connectivity index (χ1v) is 10.5. The van der Waals surface area contributed by atoms with Crippen molar-refractivity contribution in [3.8, 4) is 0 Å². The van der Waals surface area contributed by atoms with Crippen molar-refractivity contribution in [1.82, 2.24) is 9.97 Å². The van der Waals surface area contributed by atoms with Crippen molar-refractivity contribution in [3.63, 3.8) is 0 Å². The number of nitrogens with two attached hydrogens (primary N) is 1. The number of rotatable bonds is 5. The molecule has 6 N–H and O–H groups in total. The number of carboxylic acids is 1. The number of carbonyl (C=O) groups is 2. The predicted octanol–water partition coefficient (Wildman–Crippen LogP) is -1.70. The third kappa shape index (κ3) is 3.94. The number of hydrogen-bond acceptors (Lipinski definition) is 12. The molecule has 1 aromatic heterocycles. The van der Waals surface area contributed by atoms with E-state index < -0.39 is 56.3 Å². The number of carboxylic acid groups (broad SMARTS) is 1. The molecule has 0 amide bonds. The second-order valence-corrected chi connectivity index (χ2v) is 8.39. The van der Waals surface area contributed by atoms with Gasteiger partial charge in [-0.05, 0) is 0 Å². The molecule has 0 spiro atoms. The number of aromatic nitrogens is 2. The molecule has 3 aliphatic rings. The summed E-state index contributed by atoms with van der Waals surface area (Å²) in [5, 5.41) is 11.6. The first kappa shape index (κ1) is 20.8. The van der Waals surface area contributed by atoms with Crippen LogP contribution >= 0.6 is 7.82 Å². The Labute approximate surface area is 170 Å². The van der Waals surface area contributed by atoms with E-state index in [1.165, 1.54) is 4.90 Å². The Kier molecular flexibility index (Phi) is 5.32. The smallest absolute Gasteiger partial charge is 0.481 e. The SMILES string of the molecule is [B][P+]1(O)OC[C@H]2OC(N3CNc4c3nc(N)[nH]c4=O)C(OC(=O)CCC(=O)O)[C@@H]2O1. The number of esters is 1. The number of fused-ring (bicyclic) bond motifs is 2. The van der Waals surface area contributed by atoms with Crippen LogP contribution in [0.3, 0.4) is 0 Å². The Morgan fingerprint density at radius 3 is 2.93 bits per heavy atom. The Hall–Kier alpha value is -2.45. The molecular weight excluding hydrogens is 424 g/mol. The summed E-state index contributed by atoms with van der Waals surface area (Å²) in [4.78, 5) is 53.0. The molecule has 160 valence electrons. The van der Waals surface area contributed by atoms with E-state index in [-0.39, 0.29) is 37.1 Å². The standard InChI is InChI=1S/C14H18BN5O9P/c15-30(25)26-3-5-9(29-30)10(28-7(23)2-1-6(21)22)13(27-5)20-4-17-8-11(20)18-14(16)19-12(8)24/h5,9-10,13,17,25H,1-4H2,(H,21,22)(H3,16,18,19,24)/q+1/t5-,9-,10?,13?,30?/m1/s1. The van der Waals surface area contributed by atoms with Crippen LogP contribution in [0, 0.1) is 0 Å². The van der Waals surface area contributed by atoms with Crippen molar-refractivity contribution in [2.24, 2.45) is 0 Å². The third-order valence-electron chi connectivity index (χ3n) is 4.72. The lowest BCUT2D eigenvalue weighted by Gasteiger charge is -2.30. The van der Waals surface area contributed by atoms with E-state index in [0.717, 1.165) is 0 Å². The number of carbonyl (C=O) groups excluding carboxylic acids is 1.